The van der Waals surface area contributed by atoms with E-state index in [2.05, 4.69) is 5.32 Å². The summed E-state index contributed by atoms with van der Waals surface area (Å²) < 4.78 is 45.0. The zero-order valence-corrected chi connectivity index (χ0v) is 27.0. The molecule has 15 atom stereocenters. The minimum atomic E-state index is -1.77. The van der Waals surface area contributed by atoms with E-state index in [4.69, 9.17) is 37.9 Å². The van der Waals surface area contributed by atoms with Crippen LogP contribution in [-0.2, 0) is 37.9 Å². The van der Waals surface area contributed by atoms with Crippen molar-refractivity contribution in [1.29, 1.82) is 0 Å². The molecule has 0 aromatic heterocycles. The van der Waals surface area contributed by atoms with Crippen LogP contribution in [0, 0.1) is 0 Å². The largest absolute Gasteiger partial charge is 0.447 e. The molecule has 0 aliphatic carbocycles. The van der Waals surface area contributed by atoms with Gasteiger partial charge in [-0.15, -0.1) is 0 Å². The predicted molar refractivity (Wildman–Crippen MR) is 152 cm³/mol. The van der Waals surface area contributed by atoms with E-state index >= 15 is 0 Å². The number of alkyl carbamates (subject to hydrolysis) is 1. The van der Waals surface area contributed by atoms with Gasteiger partial charge in [0.15, 0.2) is 18.9 Å². The first-order valence-electron chi connectivity index (χ1n) is 15.1. The summed E-state index contributed by atoms with van der Waals surface area (Å²) in [6, 6.07) is 0. The summed E-state index contributed by atoms with van der Waals surface area (Å²) in [5.74, 6) is 0. The fraction of sp³-hybridized carbons (Fsp3) is 0.964. The van der Waals surface area contributed by atoms with Crippen LogP contribution in [0.2, 0.25) is 0 Å². The van der Waals surface area contributed by atoms with Crippen LogP contribution < -0.4 is 5.32 Å². The Morgan fingerprint density at radius 2 is 1.15 bits per heavy atom. The molecule has 18 nitrogen and oxygen atoms in total. The Labute approximate surface area is 267 Å². The molecule has 270 valence electrons. The van der Waals surface area contributed by atoms with Crippen LogP contribution in [0.1, 0.15) is 41.5 Å². The van der Waals surface area contributed by atoms with Gasteiger partial charge in [-0.3, -0.25) is 0 Å². The Morgan fingerprint density at radius 1 is 0.630 bits per heavy atom. The highest BCUT2D eigenvalue weighted by Crippen LogP contribution is 2.33. The van der Waals surface area contributed by atoms with Gasteiger partial charge in [-0.05, 0) is 41.5 Å². The van der Waals surface area contributed by atoms with Crippen LogP contribution in [-0.4, -0.2) is 177 Å². The first kappa shape index (κ1) is 39.1. The van der Waals surface area contributed by atoms with E-state index in [0.717, 1.165) is 0 Å². The standard InChI is InChI=1S/C28H51NO17/c1-27(2,3)45-22-16(33)13(9-39-23-18(35)17(34)14(31)12(42-23)10-40-26(38)29-7)43-24(20(22)37)44-21-15(32)11(8-30)41-25(19(21)36)46-28(4,5)6/h11-25,30-37H,8-10H2,1-7H3,(H,29,38)/t11?,12?,13?,14-,15-,16-,17?,18?,19?,20?,21?,22?,23-,24+,25+/m1/s1. The van der Waals surface area contributed by atoms with Gasteiger partial charge < -0.3 is 84.1 Å². The SMILES string of the molecule is CNC(=O)OCC1O[C@@H](OCC2O[C@@H](OC3C(O)[C@H](OC(C)(C)C)OC(CO)[C@H]3O)C(O)C(OC(C)(C)C)[C@@H]2O)C(O)C(O)[C@@H]1O. The Morgan fingerprint density at radius 3 is 1.72 bits per heavy atom. The van der Waals surface area contributed by atoms with Crippen molar-refractivity contribution in [3.05, 3.63) is 0 Å². The van der Waals surface area contributed by atoms with Crippen LogP contribution in [0.25, 0.3) is 0 Å². The van der Waals surface area contributed by atoms with Crippen LogP contribution in [0.5, 0.6) is 0 Å². The van der Waals surface area contributed by atoms with Crippen molar-refractivity contribution in [2.75, 3.05) is 26.9 Å². The summed E-state index contributed by atoms with van der Waals surface area (Å²) in [4.78, 5) is 11.5. The minimum absolute atomic E-state index is 0.499. The number of carbonyl (C=O) groups excluding carboxylic acids is 1. The fourth-order valence-corrected chi connectivity index (χ4v) is 5.13. The van der Waals surface area contributed by atoms with Crippen molar-refractivity contribution in [2.24, 2.45) is 0 Å². The maximum absolute atomic E-state index is 11.5. The number of hydrogen-bond acceptors (Lipinski definition) is 17. The molecule has 3 saturated heterocycles. The van der Waals surface area contributed by atoms with Gasteiger partial charge in [-0.1, -0.05) is 0 Å². The molecule has 18 heteroatoms. The van der Waals surface area contributed by atoms with Gasteiger partial charge in [0.1, 0.15) is 79.9 Å². The monoisotopic (exact) mass is 673 g/mol. The lowest BCUT2D eigenvalue weighted by Gasteiger charge is -2.48. The van der Waals surface area contributed by atoms with Crippen molar-refractivity contribution in [2.45, 2.75) is 145 Å². The van der Waals surface area contributed by atoms with E-state index in [9.17, 15) is 45.6 Å². The average Bonchev–Trinajstić information content (AvgIpc) is 2.97. The summed E-state index contributed by atoms with van der Waals surface area (Å²) >= 11 is 0. The van der Waals surface area contributed by atoms with Gasteiger partial charge in [0, 0.05) is 7.05 Å². The Balaban J connectivity index is 1.80. The average molecular weight is 674 g/mol. The lowest BCUT2D eigenvalue weighted by atomic mass is 9.96. The summed E-state index contributed by atoms with van der Waals surface area (Å²) in [5, 5.41) is 87.5. The highest BCUT2D eigenvalue weighted by atomic mass is 16.8. The number of aliphatic hydroxyl groups is 8. The second-order valence-electron chi connectivity index (χ2n) is 13.5. The van der Waals surface area contributed by atoms with E-state index < -0.39 is 129 Å². The first-order valence-corrected chi connectivity index (χ1v) is 15.1. The third kappa shape index (κ3) is 9.86. The topological polar surface area (TPSA) is 265 Å². The highest BCUT2D eigenvalue weighted by Gasteiger charge is 2.53. The van der Waals surface area contributed by atoms with Gasteiger partial charge in [0.05, 0.1) is 24.4 Å². The second-order valence-corrected chi connectivity index (χ2v) is 13.5. The summed E-state index contributed by atoms with van der Waals surface area (Å²) in [6.45, 7) is 8.43. The van der Waals surface area contributed by atoms with Crippen LogP contribution in [0.3, 0.4) is 0 Å². The zero-order chi connectivity index (χ0) is 34.7. The van der Waals surface area contributed by atoms with Crippen molar-refractivity contribution in [3.8, 4) is 0 Å². The van der Waals surface area contributed by atoms with Crippen molar-refractivity contribution in [1.82, 2.24) is 5.32 Å². The fourth-order valence-electron chi connectivity index (χ4n) is 5.13. The van der Waals surface area contributed by atoms with Crippen molar-refractivity contribution < 1.29 is 83.5 Å². The quantitative estimate of drug-likeness (QED) is 0.109. The minimum Gasteiger partial charge on any atom is -0.447 e. The van der Waals surface area contributed by atoms with E-state index in [1.807, 2.05) is 0 Å². The molecule has 1 amide bonds. The number of amides is 1. The Bertz CT molecular complexity index is 961. The molecule has 3 aliphatic heterocycles. The van der Waals surface area contributed by atoms with Crippen LogP contribution in [0.15, 0.2) is 0 Å². The molecule has 3 aliphatic rings. The molecule has 0 radical (unpaired) electrons. The third-order valence-electron chi connectivity index (χ3n) is 7.39. The van der Waals surface area contributed by atoms with Crippen molar-refractivity contribution >= 4 is 6.09 Å². The molecule has 0 saturated carbocycles. The summed E-state index contributed by atoms with van der Waals surface area (Å²) in [6.07, 6.45) is -23.9. The number of ether oxygens (including phenoxy) is 8. The van der Waals surface area contributed by atoms with Gasteiger partial charge in [0.25, 0.3) is 0 Å². The van der Waals surface area contributed by atoms with Crippen molar-refractivity contribution in [3.63, 3.8) is 0 Å². The lowest BCUT2D eigenvalue weighted by Crippen LogP contribution is -2.66. The van der Waals surface area contributed by atoms with Gasteiger partial charge in [-0.2, -0.15) is 0 Å². The molecular formula is C28H51NO17. The van der Waals surface area contributed by atoms with E-state index in [1.54, 1.807) is 41.5 Å². The maximum Gasteiger partial charge on any atom is 0.406 e. The van der Waals surface area contributed by atoms with Gasteiger partial charge in [0.2, 0.25) is 0 Å². The Hall–Kier alpha value is -1.33. The molecule has 3 fully saturated rings. The molecule has 3 heterocycles. The number of carbonyl (C=O) groups is 1. The molecule has 0 spiro atoms. The number of rotatable bonds is 10. The molecule has 46 heavy (non-hydrogen) atoms. The molecule has 0 aromatic carbocycles. The van der Waals surface area contributed by atoms with Crippen LogP contribution >= 0.6 is 0 Å². The number of hydrogen-bond donors (Lipinski definition) is 9. The summed E-state index contributed by atoms with van der Waals surface area (Å²) in [5.41, 5.74) is -1.70. The lowest BCUT2D eigenvalue weighted by molar-refractivity contribution is -0.376. The normalized spacial score (nSPS) is 42.5. The van der Waals surface area contributed by atoms with E-state index in [1.165, 1.54) is 7.05 Å². The molecule has 0 bridgehead atoms. The van der Waals surface area contributed by atoms with Crippen LogP contribution in [0.4, 0.5) is 4.79 Å². The number of nitrogens with one attached hydrogen (secondary N) is 1. The predicted octanol–water partition coefficient (Wildman–Crippen LogP) is -3.56. The van der Waals surface area contributed by atoms with E-state index in [0.29, 0.717) is 0 Å². The smallest absolute Gasteiger partial charge is 0.406 e. The molecule has 9 N–H and O–H groups in total. The van der Waals surface area contributed by atoms with Gasteiger partial charge in [-0.25, -0.2) is 4.79 Å². The molecule has 9 unspecified atom stereocenters. The molecule has 0 aromatic rings. The molecule has 3 rings (SSSR count). The molecular weight excluding hydrogens is 622 g/mol. The zero-order valence-electron chi connectivity index (χ0n) is 27.0. The summed E-state index contributed by atoms with van der Waals surface area (Å²) in [7, 11) is 1.32. The highest BCUT2D eigenvalue weighted by molar-refractivity contribution is 5.66. The first-order chi connectivity index (χ1) is 21.3. The van der Waals surface area contributed by atoms with Gasteiger partial charge >= 0.3 is 6.09 Å². The number of aliphatic hydroxyl groups excluding tert-OH is 8. The van der Waals surface area contributed by atoms with E-state index in [-0.39, 0.29) is 0 Å². The third-order valence-corrected chi connectivity index (χ3v) is 7.39. The second kappa shape index (κ2) is 15.9. The Kier molecular flexibility index (Phi) is 13.5. The maximum atomic E-state index is 11.5.